The second-order valence-corrected chi connectivity index (χ2v) is 5.39. The first-order valence-corrected chi connectivity index (χ1v) is 7.29. The van der Waals surface area contributed by atoms with Gasteiger partial charge in [-0.15, -0.1) is 0 Å². The number of ketones is 1. The van der Waals surface area contributed by atoms with E-state index < -0.39 is 42.3 Å². The lowest BCUT2D eigenvalue weighted by Gasteiger charge is -2.31. The smallest absolute Gasteiger partial charge is 0.346 e. The molecule has 10 nitrogen and oxygen atoms in total. The van der Waals surface area contributed by atoms with E-state index in [2.05, 4.69) is 0 Å². The summed E-state index contributed by atoms with van der Waals surface area (Å²) >= 11 is 0. The van der Waals surface area contributed by atoms with Gasteiger partial charge in [0.05, 0.1) is 13.7 Å². The third-order valence-corrected chi connectivity index (χ3v) is 3.67. The third-order valence-electron chi connectivity index (χ3n) is 3.67. The maximum atomic E-state index is 12.1. The molecule has 0 saturated heterocycles. The number of carboxylic acids is 1. The van der Waals surface area contributed by atoms with Crippen LogP contribution in [0.25, 0.3) is 6.08 Å². The average Bonchev–Trinajstić information content (AvgIpc) is 2.63. The van der Waals surface area contributed by atoms with Crippen LogP contribution in [0.3, 0.4) is 0 Å². The molecule has 0 aliphatic heterocycles. The largest absolute Gasteiger partial charge is 0.504 e. The van der Waals surface area contributed by atoms with Crippen molar-refractivity contribution in [2.24, 2.45) is 0 Å². The topological polar surface area (TPSA) is 185 Å². The summed E-state index contributed by atoms with van der Waals surface area (Å²) in [5.74, 6) is -3.75. The van der Waals surface area contributed by atoms with Crippen molar-refractivity contribution < 1.29 is 50.1 Å². The lowest BCUT2D eigenvalue weighted by atomic mass is 9.86. The van der Waals surface area contributed by atoms with E-state index in [0.717, 1.165) is 6.08 Å². The van der Waals surface area contributed by atoms with Crippen molar-refractivity contribution >= 4 is 17.8 Å². The SMILES string of the molecule is COc1cc(C=CC(=O)[C@](O)(C(=O)O)[C@@H](O)[C@H](O)[C@H](O)CO)ccc1O. The summed E-state index contributed by atoms with van der Waals surface area (Å²) in [5.41, 5.74) is -3.17. The van der Waals surface area contributed by atoms with Gasteiger partial charge in [0.15, 0.2) is 11.5 Å². The van der Waals surface area contributed by atoms with Crippen LogP contribution in [0.2, 0.25) is 0 Å². The van der Waals surface area contributed by atoms with Gasteiger partial charge in [-0.05, 0) is 23.8 Å². The second-order valence-electron chi connectivity index (χ2n) is 5.39. The number of aliphatic hydroxyl groups excluding tert-OH is 4. The summed E-state index contributed by atoms with van der Waals surface area (Å²) in [6.07, 6.45) is -5.17. The lowest BCUT2D eigenvalue weighted by Crippen LogP contribution is -2.62. The first-order valence-electron chi connectivity index (χ1n) is 7.29. The summed E-state index contributed by atoms with van der Waals surface area (Å²) in [5, 5.41) is 66.2. The average molecular weight is 372 g/mol. The molecule has 0 heterocycles. The fourth-order valence-electron chi connectivity index (χ4n) is 2.04. The molecule has 4 atom stereocenters. The van der Waals surface area contributed by atoms with Gasteiger partial charge in [-0.3, -0.25) is 4.79 Å². The van der Waals surface area contributed by atoms with E-state index in [9.17, 15) is 35.1 Å². The van der Waals surface area contributed by atoms with Gasteiger partial charge in [0, 0.05) is 0 Å². The van der Waals surface area contributed by atoms with Crippen molar-refractivity contribution in [3.05, 3.63) is 29.8 Å². The Labute approximate surface area is 147 Å². The van der Waals surface area contributed by atoms with Crippen LogP contribution in [0, 0.1) is 0 Å². The van der Waals surface area contributed by atoms with Gasteiger partial charge in [-0.25, -0.2) is 4.79 Å². The van der Waals surface area contributed by atoms with E-state index in [-0.39, 0.29) is 11.5 Å². The number of phenolic OH excluding ortho intramolecular Hbond substituents is 1. The minimum absolute atomic E-state index is 0.0784. The van der Waals surface area contributed by atoms with Gasteiger partial charge >= 0.3 is 5.97 Å². The molecule has 7 N–H and O–H groups in total. The molecule has 0 spiro atoms. The molecule has 0 saturated carbocycles. The molecular weight excluding hydrogens is 352 g/mol. The number of phenols is 1. The number of hydrogen-bond acceptors (Lipinski definition) is 9. The predicted molar refractivity (Wildman–Crippen MR) is 86.4 cm³/mol. The standard InChI is InChI=1S/C16H20O10/c1-26-11-6-8(2-4-9(11)18)3-5-12(20)16(25,15(23)24)14(22)13(21)10(19)7-17/h2-6,10,13-14,17-19,21-22,25H,7H2,1H3,(H,23,24)/t10-,13-,14+,16-/m1/s1. The molecule has 0 radical (unpaired) electrons. The third kappa shape index (κ3) is 4.36. The number of carbonyl (C=O) groups excluding carboxylic acids is 1. The van der Waals surface area contributed by atoms with Crippen molar-refractivity contribution in [2.45, 2.75) is 23.9 Å². The van der Waals surface area contributed by atoms with Crippen molar-refractivity contribution in [1.82, 2.24) is 0 Å². The number of ether oxygens (including phenoxy) is 1. The number of aromatic hydroxyl groups is 1. The number of aliphatic carboxylic acids is 1. The second kappa shape index (κ2) is 8.74. The van der Waals surface area contributed by atoms with Crippen molar-refractivity contribution in [1.29, 1.82) is 0 Å². The maximum absolute atomic E-state index is 12.1. The summed E-state index contributed by atoms with van der Waals surface area (Å²) in [4.78, 5) is 23.4. The maximum Gasteiger partial charge on any atom is 0.346 e. The van der Waals surface area contributed by atoms with Crippen LogP contribution in [0.15, 0.2) is 24.3 Å². The van der Waals surface area contributed by atoms with Crippen LogP contribution in [-0.4, -0.2) is 85.1 Å². The molecule has 1 rings (SSSR count). The first-order chi connectivity index (χ1) is 12.1. The molecule has 1 aromatic carbocycles. The zero-order chi connectivity index (χ0) is 20.1. The van der Waals surface area contributed by atoms with Crippen molar-refractivity contribution in [3.63, 3.8) is 0 Å². The number of carbonyl (C=O) groups is 2. The molecule has 0 amide bonds. The highest BCUT2D eigenvalue weighted by molar-refractivity contribution is 6.13. The molecule has 26 heavy (non-hydrogen) atoms. The van der Waals surface area contributed by atoms with Crippen LogP contribution in [0.4, 0.5) is 0 Å². The zero-order valence-corrected chi connectivity index (χ0v) is 13.7. The monoisotopic (exact) mass is 372 g/mol. The Balaban J connectivity index is 3.14. The molecular formula is C16H20O10. The minimum Gasteiger partial charge on any atom is -0.504 e. The molecule has 0 aliphatic carbocycles. The predicted octanol–water partition coefficient (Wildman–Crippen LogP) is -2.13. The van der Waals surface area contributed by atoms with Crippen LogP contribution < -0.4 is 4.74 Å². The normalized spacial score (nSPS) is 17.3. The van der Waals surface area contributed by atoms with Gasteiger partial charge in [0.25, 0.3) is 5.60 Å². The van der Waals surface area contributed by atoms with Crippen LogP contribution in [-0.2, 0) is 9.59 Å². The fourth-order valence-corrected chi connectivity index (χ4v) is 2.04. The zero-order valence-electron chi connectivity index (χ0n) is 13.7. The quantitative estimate of drug-likeness (QED) is 0.187. The number of carboxylic acid groups (broad SMARTS) is 1. The highest BCUT2D eigenvalue weighted by Gasteiger charge is 2.53. The van der Waals surface area contributed by atoms with E-state index in [1.807, 2.05) is 0 Å². The van der Waals surface area contributed by atoms with Gasteiger partial charge in [-0.2, -0.15) is 0 Å². The Morgan fingerprint density at radius 3 is 2.38 bits per heavy atom. The van der Waals surface area contributed by atoms with Crippen LogP contribution in [0.5, 0.6) is 11.5 Å². The van der Waals surface area contributed by atoms with Gasteiger partial charge in [0.1, 0.15) is 18.3 Å². The lowest BCUT2D eigenvalue weighted by molar-refractivity contribution is -0.191. The number of rotatable bonds is 9. The summed E-state index contributed by atoms with van der Waals surface area (Å²) < 4.78 is 4.87. The van der Waals surface area contributed by atoms with E-state index in [0.29, 0.717) is 11.6 Å². The molecule has 10 heteroatoms. The van der Waals surface area contributed by atoms with Gasteiger partial charge in [-0.1, -0.05) is 12.1 Å². The molecule has 0 aliphatic rings. The number of hydrogen-bond donors (Lipinski definition) is 7. The summed E-state index contributed by atoms with van der Waals surface area (Å²) in [7, 11) is 1.29. The van der Waals surface area contributed by atoms with E-state index in [1.54, 1.807) is 0 Å². The molecule has 1 aromatic rings. The minimum atomic E-state index is -3.47. The van der Waals surface area contributed by atoms with E-state index in [4.69, 9.17) is 14.9 Å². The summed E-state index contributed by atoms with van der Waals surface area (Å²) in [6.45, 7) is -1.04. The van der Waals surface area contributed by atoms with Crippen LogP contribution in [0.1, 0.15) is 5.56 Å². The molecule has 0 unspecified atom stereocenters. The first kappa shape index (κ1) is 21.5. The number of benzene rings is 1. The Bertz CT molecular complexity index is 686. The molecule has 0 aromatic heterocycles. The van der Waals surface area contributed by atoms with E-state index in [1.165, 1.54) is 25.3 Å². The molecule has 0 bridgehead atoms. The Kier molecular flexibility index (Phi) is 7.24. The molecule has 144 valence electrons. The molecule has 0 fully saturated rings. The highest BCUT2D eigenvalue weighted by Crippen LogP contribution is 2.27. The van der Waals surface area contributed by atoms with Crippen molar-refractivity contribution in [2.75, 3.05) is 13.7 Å². The fraction of sp³-hybridized carbons (Fsp3) is 0.375. The van der Waals surface area contributed by atoms with Crippen LogP contribution >= 0.6 is 0 Å². The van der Waals surface area contributed by atoms with E-state index >= 15 is 0 Å². The van der Waals surface area contributed by atoms with Gasteiger partial charge in [0.2, 0.25) is 5.78 Å². The summed E-state index contributed by atoms with van der Waals surface area (Å²) in [6, 6.07) is 3.94. The highest BCUT2D eigenvalue weighted by atomic mass is 16.5. The number of aliphatic hydroxyl groups is 5. The van der Waals surface area contributed by atoms with Gasteiger partial charge < -0.3 is 40.5 Å². The van der Waals surface area contributed by atoms with Crippen molar-refractivity contribution in [3.8, 4) is 11.5 Å². The Morgan fingerprint density at radius 2 is 1.88 bits per heavy atom. The number of methoxy groups -OCH3 is 1. The Morgan fingerprint density at radius 1 is 1.27 bits per heavy atom. The Hall–Kier alpha value is -2.50.